The Labute approximate surface area is 79.5 Å². The van der Waals surface area contributed by atoms with Crippen molar-refractivity contribution < 1.29 is 9.53 Å². The number of carbonyl (C=O) groups is 1. The fourth-order valence-corrected chi connectivity index (χ4v) is 0.835. The number of esters is 1. The Morgan fingerprint density at radius 2 is 1.77 bits per heavy atom. The maximum absolute atomic E-state index is 10.8. The van der Waals surface area contributed by atoms with E-state index in [-0.39, 0.29) is 5.97 Å². The van der Waals surface area contributed by atoms with Crippen LogP contribution in [0.5, 0.6) is 0 Å². The van der Waals surface area contributed by atoms with Crippen molar-refractivity contribution in [2.24, 2.45) is 0 Å². The van der Waals surface area contributed by atoms with Gasteiger partial charge in [-0.25, -0.2) is 0 Å². The van der Waals surface area contributed by atoms with Crippen LogP contribution in [0.2, 0.25) is 0 Å². The first kappa shape index (κ1) is 11.7. The molecule has 2 nitrogen and oxygen atoms in total. The van der Waals surface area contributed by atoms with Gasteiger partial charge in [-0.3, -0.25) is 4.79 Å². The first-order valence-electron chi connectivity index (χ1n) is 4.43. The van der Waals surface area contributed by atoms with E-state index in [9.17, 15) is 4.79 Å². The highest BCUT2D eigenvalue weighted by atomic mass is 16.5. The molecule has 0 aliphatic carbocycles. The van der Waals surface area contributed by atoms with Crippen LogP contribution < -0.4 is 0 Å². The average molecular weight is 180 g/mol. The molecule has 0 aromatic heterocycles. The molecule has 0 saturated carbocycles. The SMILES string of the molecule is CC.COC(=O)Cc1ccccc1. The summed E-state index contributed by atoms with van der Waals surface area (Å²) in [6.07, 6.45) is 0.358. The van der Waals surface area contributed by atoms with Crippen molar-refractivity contribution in [3.05, 3.63) is 35.9 Å². The summed E-state index contributed by atoms with van der Waals surface area (Å²) in [6, 6.07) is 9.52. The Balaban J connectivity index is 0.000000671. The van der Waals surface area contributed by atoms with Crippen molar-refractivity contribution in [2.45, 2.75) is 20.3 Å². The molecule has 1 aromatic carbocycles. The number of carbonyl (C=O) groups excluding carboxylic acids is 1. The molecule has 0 bridgehead atoms. The lowest BCUT2D eigenvalue weighted by Crippen LogP contribution is -2.03. The molecule has 0 amide bonds. The largest absolute Gasteiger partial charge is 0.469 e. The van der Waals surface area contributed by atoms with Gasteiger partial charge in [-0.15, -0.1) is 0 Å². The van der Waals surface area contributed by atoms with Crippen LogP contribution in [0.4, 0.5) is 0 Å². The zero-order chi connectivity index (χ0) is 10.1. The second kappa shape index (κ2) is 7.35. The minimum atomic E-state index is -0.198. The van der Waals surface area contributed by atoms with E-state index < -0.39 is 0 Å². The third kappa shape index (κ3) is 5.01. The van der Waals surface area contributed by atoms with Crippen LogP contribution in [0, 0.1) is 0 Å². The number of hydrogen-bond acceptors (Lipinski definition) is 2. The van der Waals surface area contributed by atoms with Crippen molar-refractivity contribution >= 4 is 5.97 Å². The molecule has 0 spiro atoms. The van der Waals surface area contributed by atoms with Gasteiger partial charge in [0.1, 0.15) is 0 Å². The van der Waals surface area contributed by atoms with Gasteiger partial charge in [-0.05, 0) is 5.56 Å². The summed E-state index contributed by atoms with van der Waals surface area (Å²) in [5.41, 5.74) is 0.986. The summed E-state index contributed by atoms with van der Waals surface area (Å²) in [4.78, 5) is 10.8. The van der Waals surface area contributed by atoms with Gasteiger partial charge in [0.15, 0.2) is 0 Å². The lowest BCUT2D eigenvalue weighted by molar-refractivity contribution is -0.139. The molecule has 2 heteroatoms. The van der Waals surface area contributed by atoms with E-state index in [1.165, 1.54) is 7.11 Å². The highest BCUT2D eigenvalue weighted by molar-refractivity contribution is 5.72. The van der Waals surface area contributed by atoms with Gasteiger partial charge in [0.2, 0.25) is 0 Å². The minimum absolute atomic E-state index is 0.198. The van der Waals surface area contributed by atoms with E-state index in [0.29, 0.717) is 6.42 Å². The highest BCUT2D eigenvalue weighted by Gasteiger charge is 1.99. The second-order valence-electron chi connectivity index (χ2n) is 2.24. The molecular weight excluding hydrogens is 164 g/mol. The smallest absolute Gasteiger partial charge is 0.309 e. The normalized spacial score (nSPS) is 8.23. The van der Waals surface area contributed by atoms with E-state index in [4.69, 9.17) is 0 Å². The van der Waals surface area contributed by atoms with E-state index in [1.807, 2.05) is 44.2 Å². The van der Waals surface area contributed by atoms with Gasteiger partial charge >= 0.3 is 5.97 Å². The zero-order valence-corrected chi connectivity index (χ0v) is 8.41. The first-order valence-corrected chi connectivity index (χ1v) is 4.43. The van der Waals surface area contributed by atoms with Crippen molar-refractivity contribution in [1.82, 2.24) is 0 Å². The van der Waals surface area contributed by atoms with Crippen LogP contribution in [-0.4, -0.2) is 13.1 Å². The standard InChI is InChI=1S/C9H10O2.C2H6/c1-11-9(10)7-8-5-3-2-4-6-8;1-2/h2-6H,7H2,1H3;1-2H3. The van der Waals surface area contributed by atoms with Crippen LogP contribution in [-0.2, 0) is 16.0 Å². The topological polar surface area (TPSA) is 26.3 Å². The van der Waals surface area contributed by atoms with E-state index >= 15 is 0 Å². The van der Waals surface area contributed by atoms with Crippen LogP contribution in [0.25, 0.3) is 0 Å². The fourth-order valence-electron chi connectivity index (χ4n) is 0.835. The molecule has 0 saturated heterocycles. The summed E-state index contributed by atoms with van der Waals surface area (Å²) in [5.74, 6) is -0.198. The van der Waals surface area contributed by atoms with Crippen molar-refractivity contribution in [3.8, 4) is 0 Å². The van der Waals surface area contributed by atoms with Gasteiger partial charge in [0, 0.05) is 0 Å². The summed E-state index contributed by atoms with van der Waals surface area (Å²) in [6.45, 7) is 4.00. The molecule has 0 aliphatic heterocycles. The predicted octanol–water partition coefficient (Wildman–Crippen LogP) is 2.43. The maximum atomic E-state index is 10.8. The number of methoxy groups -OCH3 is 1. The van der Waals surface area contributed by atoms with E-state index in [2.05, 4.69) is 4.74 Å². The predicted molar refractivity (Wildman–Crippen MR) is 53.5 cm³/mol. The molecule has 0 radical (unpaired) electrons. The third-order valence-electron chi connectivity index (χ3n) is 1.42. The summed E-state index contributed by atoms with van der Waals surface area (Å²) < 4.78 is 4.52. The van der Waals surface area contributed by atoms with Crippen LogP contribution in [0.15, 0.2) is 30.3 Å². The summed E-state index contributed by atoms with van der Waals surface area (Å²) in [7, 11) is 1.39. The fraction of sp³-hybridized carbons (Fsp3) is 0.364. The molecule has 0 aliphatic rings. The monoisotopic (exact) mass is 180 g/mol. The third-order valence-corrected chi connectivity index (χ3v) is 1.42. The Kier molecular flexibility index (Phi) is 6.60. The van der Waals surface area contributed by atoms with Gasteiger partial charge in [-0.2, -0.15) is 0 Å². The quantitative estimate of drug-likeness (QED) is 0.653. The average Bonchev–Trinajstić information content (AvgIpc) is 2.22. The number of rotatable bonds is 2. The van der Waals surface area contributed by atoms with Gasteiger partial charge in [0.05, 0.1) is 13.5 Å². The highest BCUT2D eigenvalue weighted by Crippen LogP contribution is 1.99. The Morgan fingerprint density at radius 1 is 1.23 bits per heavy atom. The molecule has 0 heterocycles. The van der Waals surface area contributed by atoms with Crippen molar-refractivity contribution in [3.63, 3.8) is 0 Å². The zero-order valence-electron chi connectivity index (χ0n) is 8.41. The molecule has 0 N–H and O–H groups in total. The number of benzene rings is 1. The van der Waals surface area contributed by atoms with Gasteiger partial charge < -0.3 is 4.74 Å². The van der Waals surface area contributed by atoms with Crippen LogP contribution in [0.1, 0.15) is 19.4 Å². The molecule has 0 unspecified atom stereocenters. The number of hydrogen-bond donors (Lipinski definition) is 0. The summed E-state index contributed by atoms with van der Waals surface area (Å²) in [5, 5.41) is 0. The molecule has 13 heavy (non-hydrogen) atoms. The molecule has 0 atom stereocenters. The maximum Gasteiger partial charge on any atom is 0.309 e. The lowest BCUT2D eigenvalue weighted by atomic mass is 10.2. The molecule has 0 fully saturated rings. The Morgan fingerprint density at radius 3 is 2.23 bits per heavy atom. The molecule has 72 valence electrons. The van der Waals surface area contributed by atoms with Crippen molar-refractivity contribution in [1.29, 1.82) is 0 Å². The molecular formula is C11H16O2. The second-order valence-corrected chi connectivity index (χ2v) is 2.24. The van der Waals surface area contributed by atoms with Gasteiger partial charge in [0.25, 0.3) is 0 Å². The lowest BCUT2D eigenvalue weighted by Gasteiger charge is -1.97. The minimum Gasteiger partial charge on any atom is -0.469 e. The number of ether oxygens (including phenoxy) is 1. The molecule has 1 aromatic rings. The van der Waals surface area contributed by atoms with E-state index in [1.54, 1.807) is 0 Å². The Hall–Kier alpha value is -1.31. The van der Waals surface area contributed by atoms with Gasteiger partial charge in [-0.1, -0.05) is 44.2 Å². The Bertz CT molecular complexity index is 229. The molecule has 1 rings (SSSR count). The van der Waals surface area contributed by atoms with Crippen LogP contribution >= 0.6 is 0 Å². The van der Waals surface area contributed by atoms with Crippen LogP contribution in [0.3, 0.4) is 0 Å². The van der Waals surface area contributed by atoms with E-state index in [0.717, 1.165) is 5.56 Å². The summed E-state index contributed by atoms with van der Waals surface area (Å²) >= 11 is 0. The van der Waals surface area contributed by atoms with Crippen molar-refractivity contribution in [2.75, 3.05) is 7.11 Å². The first-order chi connectivity index (χ1) is 6.33.